The smallest absolute Gasteiger partial charge is 0.123 e. The van der Waals surface area contributed by atoms with Gasteiger partial charge in [0.1, 0.15) is 11.5 Å². The van der Waals surface area contributed by atoms with E-state index < -0.39 is 0 Å². The van der Waals surface area contributed by atoms with Crippen LogP contribution < -0.4 is 0 Å². The number of rotatable bonds is 2. The Morgan fingerprint density at radius 3 is 2.22 bits per heavy atom. The van der Waals surface area contributed by atoms with E-state index in [9.17, 15) is 10.2 Å². The fourth-order valence-electron chi connectivity index (χ4n) is 1.74. The fourth-order valence-corrected chi connectivity index (χ4v) is 1.74. The number of benzene rings is 2. The van der Waals surface area contributed by atoms with Crippen LogP contribution in [0.1, 0.15) is 11.1 Å². The first-order valence-corrected chi connectivity index (χ1v) is 5.41. The molecule has 0 heterocycles. The van der Waals surface area contributed by atoms with Gasteiger partial charge in [0.25, 0.3) is 0 Å². The molecule has 0 aliphatic rings. The summed E-state index contributed by atoms with van der Waals surface area (Å²) in [6.45, 7) is 3.68. The maximum Gasteiger partial charge on any atom is 0.123 e. The van der Waals surface area contributed by atoms with Gasteiger partial charge in [-0.2, -0.15) is 0 Å². The van der Waals surface area contributed by atoms with Crippen LogP contribution in [-0.2, 0) is 0 Å². The molecule has 0 atom stereocenters. The third-order valence-electron chi connectivity index (χ3n) is 2.71. The third-order valence-corrected chi connectivity index (χ3v) is 2.71. The molecular weight excluding hydrogens is 224 g/mol. The zero-order valence-corrected chi connectivity index (χ0v) is 9.72. The van der Waals surface area contributed by atoms with Crippen molar-refractivity contribution in [2.45, 2.75) is 0 Å². The standard InChI is InChI=1S/C16H12O2/c1-3-11-5-7-15(17)13(9-11)14-10-12(4-2)6-8-16(14)18/h1,4-10,17-18H,2H2. The van der Waals surface area contributed by atoms with Crippen LogP contribution in [0.5, 0.6) is 11.5 Å². The SMILES string of the molecule is C#Cc1ccc(O)c(-c2cc(C=C)ccc2O)c1. The number of phenols is 2. The molecule has 0 saturated heterocycles. The van der Waals surface area contributed by atoms with Gasteiger partial charge in [-0.1, -0.05) is 24.6 Å². The van der Waals surface area contributed by atoms with Crippen LogP contribution in [0.15, 0.2) is 43.0 Å². The predicted molar refractivity (Wildman–Crippen MR) is 73.2 cm³/mol. The van der Waals surface area contributed by atoms with Crippen LogP contribution in [0.25, 0.3) is 17.2 Å². The van der Waals surface area contributed by atoms with Crippen molar-refractivity contribution in [3.05, 3.63) is 54.1 Å². The van der Waals surface area contributed by atoms with Crippen molar-refractivity contribution in [2.75, 3.05) is 0 Å². The second-order valence-electron chi connectivity index (χ2n) is 3.86. The predicted octanol–water partition coefficient (Wildman–Crippen LogP) is 3.39. The minimum atomic E-state index is 0.0745. The maximum atomic E-state index is 9.87. The molecule has 2 heteroatoms. The van der Waals surface area contributed by atoms with Gasteiger partial charge in [-0.3, -0.25) is 0 Å². The van der Waals surface area contributed by atoms with Crippen LogP contribution in [0.4, 0.5) is 0 Å². The summed E-state index contributed by atoms with van der Waals surface area (Å²) in [5.41, 5.74) is 2.54. The molecule has 0 aliphatic heterocycles. The van der Waals surface area contributed by atoms with E-state index in [1.807, 2.05) is 0 Å². The largest absolute Gasteiger partial charge is 0.507 e. The summed E-state index contributed by atoms with van der Waals surface area (Å²) >= 11 is 0. The lowest BCUT2D eigenvalue weighted by Crippen LogP contribution is -1.84. The molecule has 0 amide bonds. The van der Waals surface area contributed by atoms with E-state index in [4.69, 9.17) is 6.42 Å². The Labute approximate surface area is 106 Å². The van der Waals surface area contributed by atoms with Crippen molar-refractivity contribution in [1.82, 2.24) is 0 Å². The summed E-state index contributed by atoms with van der Waals surface area (Å²) in [5, 5.41) is 19.7. The molecule has 2 nitrogen and oxygen atoms in total. The number of aromatic hydroxyl groups is 2. The average Bonchev–Trinajstić information content (AvgIpc) is 2.40. The third kappa shape index (κ3) is 2.07. The second-order valence-corrected chi connectivity index (χ2v) is 3.86. The molecule has 0 aromatic heterocycles. The highest BCUT2D eigenvalue weighted by atomic mass is 16.3. The van der Waals surface area contributed by atoms with Crippen LogP contribution in [0, 0.1) is 12.3 Å². The van der Waals surface area contributed by atoms with Gasteiger partial charge >= 0.3 is 0 Å². The van der Waals surface area contributed by atoms with Gasteiger partial charge in [-0.15, -0.1) is 6.42 Å². The molecule has 2 aromatic rings. The minimum absolute atomic E-state index is 0.0745. The summed E-state index contributed by atoms with van der Waals surface area (Å²) < 4.78 is 0. The lowest BCUT2D eigenvalue weighted by atomic mass is 9.99. The van der Waals surface area contributed by atoms with E-state index in [0.717, 1.165) is 5.56 Å². The highest BCUT2D eigenvalue weighted by Gasteiger charge is 2.10. The van der Waals surface area contributed by atoms with E-state index in [2.05, 4.69) is 12.5 Å². The normalized spacial score (nSPS) is 9.72. The van der Waals surface area contributed by atoms with Crippen molar-refractivity contribution in [1.29, 1.82) is 0 Å². The molecule has 2 N–H and O–H groups in total. The average molecular weight is 236 g/mol. The van der Waals surface area contributed by atoms with E-state index in [0.29, 0.717) is 16.7 Å². The molecular formula is C16H12O2. The molecule has 88 valence electrons. The lowest BCUT2D eigenvalue weighted by Gasteiger charge is -2.09. The minimum Gasteiger partial charge on any atom is -0.507 e. The summed E-state index contributed by atoms with van der Waals surface area (Å²) in [4.78, 5) is 0. The van der Waals surface area contributed by atoms with E-state index in [1.54, 1.807) is 36.4 Å². The zero-order chi connectivity index (χ0) is 13.1. The zero-order valence-electron chi connectivity index (χ0n) is 9.72. The van der Waals surface area contributed by atoms with Crippen LogP contribution in [0.2, 0.25) is 0 Å². The van der Waals surface area contributed by atoms with Crippen LogP contribution in [-0.4, -0.2) is 10.2 Å². The Hall–Kier alpha value is -2.66. The quantitative estimate of drug-likeness (QED) is 0.785. The van der Waals surface area contributed by atoms with Gasteiger partial charge in [0.2, 0.25) is 0 Å². The van der Waals surface area contributed by atoms with Crippen molar-refractivity contribution in [3.63, 3.8) is 0 Å². The molecule has 18 heavy (non-hydrogen) atoms. The maximum absolute atomic E-state index is 9.87. The summed E-state index contributed by atoms with van der Waals surface area (Å²) in [6.07, 6.45) is 7.00. The summed E-state index contributed by atoms with van der Waals surface area (Å²) in [5.74, 6) is 2.66. The molecule has 2 rings (SSSR count). The molecule has 0 saturated carbocycles. The Morgan fingerprint density at radius 1 is 1.00 bits per heavy atom. The lowest BCUT2D eigenvalue weighted by molar-refractivity contribution is 0.469. The number of phenolic OH excluding ortho intramolecular Hbond substituents is 2. The Bertz CT molecular complexity index is 649. The Balaban J connectivity index is 2.68. The van der Waals surface area contributed by atoms with Gasteiger partial charge in [0, 0.05) is 16.7 Å². The second kappa shape index (κ2) is 4.68. The first-order chi connectivity index (χ1) is 8.65. The topological polar surface area (TPSA) is 40.5 Å². The number of hydrogen-bond donors (Lipinski definition) is 2. The number of hydrogen-bond acceptors (Lipinski definition) is 2. The Morgan fingerprint density at radius 2 is 1.61 bits per heavy atom. The molecule has 0 spiro atoms. The van der Waals surface area contributed by atoms with Gasteiger partial charge in [0.05, 0.1) is 0 Å². The molecule has 0 radical (unpaired) electrons. The van der Waals surface area contributed by atoms with Crippen molar-refractivity contribution in [3.8, 4) is 35.0 Å². The highest BCUT2D eigenvalue weighted by molar-refractivity contribution is 5.78. The van der Waals surface area contributed by atoms with Gasteiger partial charge in [-0.25, -0.2) is 0 Å². The monoisotopic (exact) mass is 236 g/mol. The van der Waals surface area contributed by atoms with Crippen molar-refractivity contribution >= 4 is 6.08 Å². The van der Waals surface area contributed by atoms with Crippen molar-refractivity contribution in [2.24, 2.45) is 0 Å². The van der Waals surface area contributed by atoms with Crippen LogP contribution in [0.3, 0.4) is 0 Å². The first kappa shape index (κ1) is 11.8. The Kier molecular flexibility index (Phi) is 3.07. The van der Waals surface area contributed by atoms with E-state index in [1.165, 1.54) is 6.07 Å². The summed E-state index contributed by atoms with van der Waals surface area (Å²) in [6, 6.07) is 9.88. The summed E-state index contributed by atoms with van der Waals surface area (Å²) in [7, 11) is 0. The molecule has 2 aromatic carbocycles. The fraction of sp³-hybridized carbons (Fsp3) is 0. The first-order valence-electron chi connectivity index (χ1n) is 5.41. The van der Waals surface area contributed by atoms with E-state index in [-0.39, 0.29) is 11.5 Å². The van der Waals surface area contributed by atoms with Gasteiger partial charge in [-0.05, 0) is 35.9 Å². The van der Waals surface area contributed by atoms with Gasteiger partial charge in [0.15, 0.2) is 0 Å². The molecule has 0 fully saturated rings. The molecule has 0 aliphatic carbocycles. The van der Waals surface area contributed by atoms with Crippen molar-refractivity contribution < 1.29 is 10.2 Å². The van der Waals surface area contributed by atoms with Gasteiger partial charge < -0.3 is 10.2 Å². The molecule has 0 bridgehead atoms. The number of terminal acetylenes is 1. The molecule has 0 unspecified atom stereocenters. The van der Waals surface area contributed by atoms with Crippen LogP contribution >= 0.6 is 0 Å². The van der Waals surface area contributed by atoms with E-state index >= 15 is 0 Å². The highest BCUT2D eigenvalue weighted by Crippen LogP contribution is 2.36.